The van der Waals surface area contributed by atoms with E-state index in [2.05, 4.69) is 170 Å². The van der Waals surface area contributed by atoms with E-state index in [0.717, 1.165) is 17.8 Å². The molecule has 0 spiro atoms. The molecule has 4 aliphatic carbocycles. The van der Waals surface area contributed by atoms with Crippen LogP contribution in [-0.4, -0.2) is 0 Å². The van der Waals surface area contributed by atoms with Crippen molar-refractivity contribution in [2.24, 2.45) is 11.8 Å². The van der Waals surface area contributed by atoms with Gasteiger partial charge in [-0.2, -0.15) is 0 Å². The molecule has 0 heterocycles. The van der Waals surface area contributed by atoms with E-state index in [1.807, 2.05) is 0 Å². The fourth-order valence-corrected chi connectivity index (χ4v) is 11.6. The average Bonchev–Trinajstić information content (AvgIpc) is 3.97. The van der Waals surface area contributed by atoms with Crippen molar-refractivity contribution in [3.63, 3.8) is 0 Å². The van der Waals surface area contributed by atoms with E-state index in [4.69, 9.17) is 0 Å². The standard InChI is InChI=1S/C56H53N/c1-56(2)53-35-45(41-20-18-40(19-21-41)38-10-5-3-6-11-38)26-30-49(53)50-31-29-48(36-54(50)56)57(47-27-24-43(25-28-47)51-33-37-16-17-46(51)32-37)55-15-9-14-42-22-23-44(34-52(42)55)39-12-7-4-8-13-39/h3,5-6,9-11,14-15,18-31,34-37,39,46,51H,4,7-8,12-13,16-17,32-33H2,1-2H3. The largest absolute Gasteiger partial charge is 0.310 e. The molecule has 3 unspecified atom stereocenters. The van der Waals surface area contributed by atoms with Crippen molar-refractivity contribution in [2.45, 2.75) is 88.9 Å². The van der Waals surface area contributed by atoms with E-state index in [1.54, 1.807) is 5.56 Å². The molecule has 0 radical (unpaired) electrons. The second-order valence-electron chi connectivity index (χ2n) is 18.4. The molecule has 0 amide bonds. The van der Waals surface area contributed by atoms with E-state index in [1.165, 1.54) is 136 Å². The zero-order valence-electron chi connectivity index (χ0n) is 33.6. The highest BCUT2D eigenvalue weighted by Crippen LogP contribution is 2.54. The first-order valence-corrected chi connectivity index (χ1v) is 21.9. The predicted octanol–water partition coefficient (Wildman–Crippen LogP) is 15.9. The molecule has 282 valence electrons. The van der Waals surface area contributed by atoms with E-state index in [9.17, 15) is 0 Å². The van der Waals surface area contributed by atoms with Crippen molar-refractivity contribution in [3.05, 3.63) is 174 Å². The predicted molar refractivity (Wildman–Crippen MR) is 241 cm³/mol. The van der Waals surface area contributed by atoms with Gasteiger partial charge in [-0.15, -0.1) is 0 Å². The second kappa shape index (κ2) is 13.9. The van der Waals surface area contributed by atoms with Crippen LogP contribution >= 0.6 is 0 Å². The van der Waals surface area contributed by atoms with Gasteiger partial charge in [-0.05, 0) is 159 Å². The van der Waals surface area contributed by atoms with Gasteiger partial charge in [0.1, 0.15) is 0 Å². The molecule has 7 aromatic rings. The number of benzene rings is 7. The lowest BCUT2D eigenvalue weighted by Gasteiger charge is -2.30. The first-order valence-electron chi connectivity index (χ1n) is 21.9. The molecule has 0 aromatic heterocycles. The Labute approximate surface area is 339 Å². The summed E-state index contributed by atoms with van der Waals surface area (Å²) < 4.78 is 0. The van der Waals surface area contributed by atoms with Crippen molar-refractivity contribution in [1.29, 1.82) is 0 Å². The molecule has 0 saturated heterocycles. The zero-order valence-corrected chi connectivity index (χ0v) is 33.6. The van der Waals surface area contributed by atoms with Crippen LogP contribution in [0.1, 0.15) is 106 Å². The minimum Gasteiger partial charge on any atom is -0.310 e. The van der Waals surface area contributed by atoms with Crippen LogP contribution in [0.15, 0.2) is 152 Å². The van der Waals surface area contributed by atoms with E-state index in [0.29, 0.717) is 5.92 Å². The first-order chi connectivity index (χ1) is 28.0. The molecule has 57 heavy (non-hydrogen) atoms. The van der Waals surface area contributed by atoms with Gasteiger partial charge in [0, 0.05) is 22.2 Å². The molecule has 2 bridgehead atoms. The summed E-state index contributed by atoms with van der Waals surface area (Å²) in [5.74, 6) is 3.22. The van der Waals surface area contributed by atoms with Gasteiger partial charge in [-0.25, -0.2) is 0 Å². The van der Waals surface area contributed by atoms with Crippen LogP contribution in [0.3, 0.4) is 0 Å². The van der Waals surface area contributed by atoms with Crippen LogP contribution in [0.25, 0.3) is 44.2 Å². The molecule has 4 aliphatic rings. The summed E-state index contributed by atoms with van der Waals surface area (Å²) in [7, 11) is 0. The van der Waals surface area contributed by atoms with Crippen molar-refractivity contribution in [3.8, 4) is 33.4 Å². The Hall–Kier alpha value is -5.40. The number of anilines is 3. The Morgan fingerprint density at radius 3 is 1.89 bits per heavy atom. The summed E-state index contributed by atoms with van der Waals surface area (Å²) >= 11 is 0. The van der Waals surface area contributed by atoms with Gasteiger partial charge >= 0.3 is 0 Å². The minimum atomic E-state index is -0.148. The lowest BCUT2D eigenvalue weighted by atomic mass is 9.81. The fourth-order valence-electron chi connectivity index (χ4n) is 11.6. The van der Waals surface area contributed by atoms with Crippen molar-refractivity contribution in [2.75, 3.05) is 4.90 Å². The molecular formula is C56H53N. The Balaban J connectivity index is 0.992. The summed E-state index contributed by atoms with van der Waals surface area (Å²) in [6, 6.07) is 58.2. The monoisotopic (exact) mass is 739 g/mol. The molecule has 0 N–H and O–H groups in total. The summed E-state index contributed by atoms with van der Waals surface area (Å²) in [6.07, 6.45) is 12.4. The lowest BCUT2D eigenvalue weighted by molar-refractivity contribution is 0.420. The van der Waals surface area contributed by atoms with Gasteiger partial charge in [0.15, 0.2) is 0 Å². The van der Waals surface area contributed by atoms with E-state index >= 15 is 0 Å². The van der Waals surface area contributed by atoms with Gasteiger partial charge in [0.05, 0.1) is 5.69 Å². The molecular weight excluding hydrogens is 687 g/mol. The van der Waals surface area contributed by atoms with Gasteiger partial charge in [-0.1, -0.05) is 149 Å². The van der Waals surface area contributed by atoms with Gasteiger partial charge in [-0.3, -0.25) is 0 Å². The third kappa shape index (κ3) is 6.05. The van der Waals surface area contributed by atoms with Crippen LogP contribution < -0.4 is 4.90 Å². The normalized spacial score (nSPS) is 20.8. The average molecular weight is 740 g/mol. The molecule has 7 aromatic carbocycles. The molecule has 3 fully saturated rings. The number of hydrogen-bond donors (Lipinski definition) is 0. The third-order valence-corrected chi connectivity index (χ3v) is 14.8. The molecule has 3 atom stereocenters. The topological polar surface area (TPSA) is 3.24 Å². The Bertz CT molecular complexity index is 2590. The first kappa shape index (κ1) is 34.8. The maximum atomic E-state index is 2.57. The van der Waals surface area contributed by atoms with Crippen LogP contribution in [0.4, 0.5) is 17.1 Å². The molecule has 1 nitrogen and oxygen atoms in total. The minimum absolute atomic E-state index is 0.148. The van der Waals surface area contributed by atoms with Crippen molar-refractivity contribution < 1.29 is 0 Å². The molecule has 1 heteroatoms. The van der Waals surface area contributed by atoms with Gasteiger partial charge in [0.25, 0.3) is 0 Å². The van der Waals surface area contributed by atoms with Crippen LogP contribution in [-0.2, 0) is 5.41 Å². The van der Waals surface area contributed by atoms with E-state index < -0.39 is 0 Å². The van der Waals surface area contributed by atoms with Crippen molar-refractivity contribution in [1.82, 2.24) is 0 Å². The summed E-state index contributed by atoms with van der Waals surface area (Å²) in [4.78, 5) is 2.57. The Morgan fingerprint density at radius 2 is 1.16 bits per heavy atom. The highest BCUT2D eigenvalue weighted by Gasteiger charge is 2.40. The maximum Gasteiger partial charge on any atom is 0.0540 e. The molecule has 11 rings (SSSR count). The van der Waals surface area contributed by atoms with Crippen LogP contribution in [0, 0.1) is 11.8 Å². The summed E-state index contributed by atoms with van der Waals surface area (Å²) in [5, 5.41) is 2.66. The quantitative estimate of drug-likeness (QED) is 0.157. The fraction of sp³-hybridized carbons (Fsp3) is 0.286. The van der Waals surface area contributed by atoms with Crippen LogP contribution in [0.5, 0.6) is 0 Å². The Morgan fingerprint density at radius 1 is 0.491 bits per heavy atom. The number of rotatable bonds is 7. The number of hydrogen-bond acceptors (Lipinski definition) is 1. The summed E-state index contributed by atoms with van der Waals surface area (Å²) in [5.41, 5.74) is 17.2. The second-order valence-corrected chi connectivity index (χ2v) is 18.4. The van der Waals surface area contributed by atoms with Crippen molar-refractivity contribution >= 4 is 27.8 Å². The van der Waals surface area contributed by atoms with Gasteiger partial charge in [0.2, 0.25) is 0 Å². The number of fused-ring (bicyclic) bond motifs is 6. The van der Waals surface area contributed by atoms with Gasteiger partial charge < -0.3 is 4.90 Å². The highest BCUT2D eigenvalue weighted by molar-refractivity contribution is 6.00. The smallest absolute Gasteiger partial charge is 0.0540 e. The molecule has 3 saturated carbocycles. The summed E-state index contributed by atoms with van der Waals surface area (Å²) in [6.45, 7) is 4.85. The zero-order chi connectivity index (χ0) is 38.1. The van der Waals surface area contributed by atoms with Crippen LogP contribution in [0.2, 0.25) is 0 Å². The highest BCUT2D eigenvalue weighted by atomic mass is 15.1. The lowest BCUT2D eigenvalue weighted by Crippen LogP contribution is -2.17. The van der Waals surface area contributed by atoms with E-state index in [-0.39, 0.29) is 5.41 Å². The third-order valence-electron chi connectivity index (χ3n) is 14.8. The SMILES string of the molecule is CC1(C)c2cc(-c3ccc(-c4ccccc4)cc3)ccc2-c2ccc(N(c3ccc(C4CC5CCC4C5)cc3)c3cccc4ccc(C5CCCCC5)cc34)cc21. The molecule has 0 aliphatic heterocycles. The Kier molecular flexibility index (Phi) is 8.50. The number of nitrogens with zero attached hydrogens (tertiary/aromatic N) is 1. The maximum absolute atomic E-state index is 2.57.